The Morgan fingerprint density at radius 3 is 1.43 bits per heavy atom. The topological polar surface area (TPSA) is 18.5 Å². The van der Waals surface area contributed by atoms with Gasteiger partial charge in [0.15, 0.2) is 0 Å². The largest absolute Gasteiger partial charge is 0.496 e. The number of rotatable bonds is 7. The molecule has 4 atom stereocenters. The zero-order chi connectivity index (χ0) is 54.7. The predicted octanol–water partition coefficient (Wildman–Crippen LogP) is 17.3. The number of methoxy groups -OCH3 is 2. The van der Waals surface area contributed by atoms with Gasteiger partial charge in [0.05, 0.1) is 68.6 Å². The zero-order valence-electron chi connectivity index (χ0n) is 50.8. The van der Waals surface area contributed by atoms with Gasteiger partial charge in [0.25, 0.3) is 0 Å². The van der Waals surface area contributed by atoms with Gasteiger partial charge in [-0.1, -0.05) is 201 Å². The summed E-state index contributed by atoms with van der Waals surface area (Å²) >= 11 is 0. The summed E-state index contributed by atoms with van der Waals surface area (Å²) in [5, 5.41) is 0. The van der Waals surface area contributed by atoms with Crippen molar-refractivity contribution >= 4 is 0 Å². The van der Waals surface area contributed by atoms with Crippen molar-refractivity contribution < 1.29 is 18.4 Å². The molecule has 5 aromatic rings. The molecule has 1 spiro atoms. The molecule has 0 radical (unpaired) electrons. The molecule has 3 aliphatic carbocycles. The molecule has 0 amide bonds. The van der Waals surface area contributed by atoms with Gasteiger partial charge in [-0.25, -0.2) is 0 Å². The molecule has 0 bridgehead atoms. The van der Waals surface area contributed by atoms with E-state index in [4.69, 9.17) is 9.47 Å². The van der Waals surface area contributed by atoms with Gasteiger partial charge in [-0.2, -0.15) is 0 Å². The van der Waals surface area contributed by atoms with Crippen molar-refractivity contribution in [2.75, 3.05) is 68.6 Å². The summed E-state index contributed by atoms with van der Waals surface area (Å²) in [6.07, 6.45) is 7.31. The first kappa shape index (κ1) is 57.3. The van der Waals surface area contributed by atoms with Crippen molar-refractivity contribution in [2.24, 2.45) is 17.3 Å². The van der Waals surface area contributed by atoms with Gasteiger partial charge >= 0.3 is 0 Å². The Kier molecular flexibility index (Phi) is 15.9. The Morgan fingerprint density at radius 1 is 0.527 bits per heavy atom. The van der Waals surface area contributed by atoms with E-state index in [1.165, 1.54) is 107 Å². The third-order valence-corrected chi connectivity index (χ3v) is 19.4. The lowest BCUT2D eigenvalue weighted by Crippen LogP contribution is -2.55. The second-order valence-electron chi connectivity index (χ2n) is 27.6. The average molecular weight is 1000 g/mol. The SMILES string of the molecule is CC.CC.CC(C)(C)C1(c2ccc(-c3ccc(-c4ccccc4)cc3)cc2)CC[N+](C)(C)CC1.CCC1C2C[N+](C)(C)CCC12c1cc2c(cc1OC)C1(CC(C)(C)c3cc(C(C)(C)C)c(OC)cc31)CC2(C)C. The van der Waals surface area contributed by atoms with Gasteiger partial charge < -0.3 is 18.4 Å². The van der Waals surface area contributed by atoms with Crippen LogP contribution in [0.15, 0.2) is 103 Å². The van der Waals surface area contributed by atoms with Crippen molar-refractivity contribution in [3.8, 4) is 33.8 Å². The highest BCUT2D eigenvalue weighted by Gasteiger charge is 2.70. The molecule has 5 aliphatic rings. The van der Waals surface area contributed by atoms with Crippen LogP contribution in [0.4, 0.5) is 0 Å². The maximum absolute atomic E-state index is 6.35. The van der Waals surface area contributed by atoms with Crippen LogP contribution in [-0.2, 0) is 32.5 Å². The van der Waals surface area contributed by atoms with E-state index < -0.39 is 0 Å². The highest BCUT2D eigenvalue weighted by Crippen LogP contribution is 2.70. The monoisotopic (exact) mass is 1000 g/mol. The van der Waals surface area contributed by atoms with Crippen LogP contribution in [0.1, 0.15) is 181 Å². The van der Waals surface area contributed by atoms with E-state index in [1.807, 2.05) is 41.9 Å². The van der Waals surface area contributed by atoms with Crippen molar-refractivity contribution in [2.45, 2.75) is 175 Å². The van der Waals surface area contributed by atoms with E-state index in [0.717, 1.165) is 45.1 Å². The third-order valence-electron chi connectivity index (χ3n) is 19.4. The van der Waals surface area contributed by atoms with E-state index in [1.54, 1.807) is 5.56 Å². The first-order valence-corrected chi connectivity index (χ1v) is 29.1. The Bertz CT molecular complexity index is 2720. The van der Waals surface area contributed by atoms with E-state index in [0.29, 0.717) is 0 Å². The lowest BCUT2D eigenvalue weighted by molar-refractivity contribution is -0.897. The van der Waals surface area contributed by atoms with Crippen molar-refractivity contribution in [3.05, 3.63) is 142 Å². The number of benzene rings is 5. The molecule has 10 rings (SSSR count). The first-order chi connectivity index (χ1) is 34.7. The highest BCUT2D eigenvalue weighted by atomic mass is 16.5. The molecule has 2 heterocycles. The van der Waals surface area contributed by atoms with Gasteiger partial charge in [-0.15, -0.1) is 0 Å². The molecule has 1 saturated carbocycles. The maximum atomic E-state index is 6.35. The summed E-state index contributed by atoms with van der Waals surface area (Å²) in [4.78, 5) is 0. The molecule has 4 heteroatoms. The molecule has 402 valence electrons. The Balaban J connectivity index is 0.000000210. The Labute approximate surface area is 452 Å². The number of ether oxygens (including phenoxy) is 2. The van der Waals surface area contributed by atoms with Crippen LogP contribution in [0.2, 0.25) is 0 Å². The number of fused-ring (bicyclic) bond motifs is 5. The van der Waals surface area contributed by atoms with Crippen LogP contribution in [0.5, 0.6) is 11.5 Å². The van der Waals surface area contributed by atoms with E-state index in [-0.39, 0.29) is 37.9 Å². The first-order valence-electron chi connectivity index (χ1n) is 29.1. The number of nitrogens with zero attached hydrogens (tertiary/aromatic N) is 2. The lowest BCUT2D eigenvalue weighted by atomic mass is 9.58. The Hall–Kier alpha value is -4.38. The number of piperidine rings is 2. The molecular weight excluding hydrogens is 901 g/mol. The number of hydrogen-bond acceptors (Lipinski definition) is 2. The smallest absolute Gasteiger partial charge is 0.122 e. The second-order valence-corrected chi connectivity index (χ2v) is 27.6. The van der Waals surface area contributed by atoms with Gasteiger partial charge in [0.2, 0.25) is 0 Å². The predicted molar refractivity (Wildman–Crippen MR) is 318 cm³/mol. The second kappa shape index (κ2) is 20.5. The molecule has 3 fully saturated rings. The molecule has 4 unspecified atom stereocenters. The summed E-state index contributed by atoms with van der Waals surface area (Å²) in [5.74, 6) is 3.70. The third kappa shape index (κ3) is 10.1. The number of hydrogen-bond donors (Lipinski definition) is 0. The molecule has 74 heavy (non-hydrogen) atoms. The van der Waals surface area contributed by atoms with Crippen LogP contribution in [0.3, 0.4) is 0 Å². The molecule has 2 aliphatic heterocycles. The normalized spacial score (nSPS) is 25.0. The fourth-order valence-corrected chi connectivity index (χ4v) is 15.4. The van der Waals surface area contributed by atoms with Crippen molar-refractivity contribution in [3.63, 3.8) is 0 Å². The number of likely N-dealkylation sites (tertiary alicyclic amines) is 2. The van der Waals surface area contributed by atoms with E-state index >= 15 is 0 Å². The minimum atomic E-state index is -0.0244. The van der Waals surface area contributed by atoms with Crippen LogP contribution in [-0.4, -0.2) is 77.6 Å². The lowest BCUT2D eigenvalue weighted by Gasteiger charge is -2.51. The minimum Gasteiger partial charge on any atom is -0.496 e. The van der Waals surface area contributed by atoms with Gasteiger partial charge in [-0.3, -0.25) is 0 Å². The molecule has 2 saturated heterocycles. The van der Waals surface area contributed by atoms with Crippen LogP contribution >= 0.6 is 0 Å². The number of quaternary nitrogens is 2. The average Bonchev–Trinajstić information content (AvgIpc) is 3.86. The van der Waals surface area contributed by atoms with Crippen molar-refractivity contribution in [1.82, 2.24) is 0 Å². The zero-order valence-corrected chi connectivity index (χ0v) is 50.8. The quantitative estimate of drug-likeness (QED) is 0.151. The summed E-state index contributed by atoms with van der Waals surface area (Å²) in [6.45, 7) is 39.5. The summed E-state index contributed by atoms with van der Waals surface area (Å²) in [5.41, 5.74) is 16.5. The van der Waals surface area contributed by atoms with E-state index in [9.17, 15) is 0 Å². The summed E-state index contributed by atoms with van der Waals surface area (Å²) in [6, 6.07) is 39.1. The van der Waals surface area contributed by atoms with Gasteiger partial charge in [0.1, 0.15) is 11.5 Å². The molecule has 0 N–H and O–H groups in total. The van der Waals surface area contributed by atoms with E-state index in [2.05, 4.69) is 207 Å². The van der Waals surface area contributed by atoms with Crippen LogP contribution in [0.25, 0.3) is 22.3 Å². The fraction of sp³-hybridized carbons (Fsp3) is 0.571. The summed E-state index contributed by atoms with van der Waals surface area (Å²) in [7, 11) is 13.3. The molecular formula is C70H102N2O2+2. The van der Waals surface area contributed by atoms with Crippen LogP contribution < -0.4 is 9.47 Å². The van der Waals surface area contributed by atoms with Crippen LogP contribution in [0, 0.1) is 17.3 Å². The minimum absolute atomic E-state index is 0.0244. The molecule has 5 aromatic carbocycles. The standard InChI is InChI=1S/C37H54NO2.C29H36N.2C2H6/c1-13-23-30-20-38(9,10)15-14-37(23,30)29-17-25-27(19-32(29)40-12)36(22-35(25,7)8)21-34(5,6)24-16-28(33(2,3)4)31(39-11)18-26(24)36;1-28(2,3)29(19-21-30(4,5)22-20-29)27-17-15-26(16-18-27)25-13-11-24(12-14-25)23-9-7-6-8-10-23;2*1-2/h16-19,23,30H,13-15,20-22H2,1-12H3;6-18H,19-22H2,1-5H3;2*1-2H3/q2*+1;;. The van der Waals surface area contributed by atoms with Crippen molar-refractivity contribution in [1.29, 1.82) is 0 Å². The highest BCUT2D eigenvalue weighted by molar-refractivity contribution is 5.71. The van der Waals surface area contributed by atoms with Gasteiger partial charge in [-0.05, 0) is 108 Å². The summed E-state index contributed by atoms with van der Waals surface area (Å²) < 4.78 is 14.7. The maximum Gasteiger partial charge on any atom is 0.122 e. The van der Waals surface area contributed by atoms with Gasteiger partial charge in [0, 0.05) is 47.0 Å². The Morgan fingerprint density at radius 2 is 0.973 bits per heavy atom. The molecule has 4 nitrogen and oxygen atoms in total. The fourth-order valence-electron chi connectivity index (χ4n) is 15.4. The molecule has 0 aromatic heterocycles.